The Hall–Kier alpha value is -2.13. The van der Waals surface area contributed by atoms with Gasteiger partial charge in [0.1, 0.15) is 29.7 Å². The SMILES string of the molecule is OC(CCl)C[N+](c1ccccc1)(c1ccccc1)c1ccccc1. The van der Waals surface area contributed by atoms with Crippen molar-refractivity contribution < 1.29 is 5.11 Å². The fourth-order valence-corrected chi connectivity index (χ4v) is 3.27. The van der Waals surface area contributed by atoms with Crippen molar-refractivity contribution >= 4 is 28.7 Å². The van der Waals surface area contributed by atoms with Crippen molar-refractivity contribution in [2.45, 2.75) is 6.10 Å². The van der Waals surface area contributed by atoms with Gasteiger partial charge in [0.25, 0.3) is 0 Å². The van der Waals surface area contributed by atoms with Crippen molar-refractivity contribution in [3.05, 3.63) is 91.0 Å². The number of quaternary nitrogens is 1. The molecule has 0 aliphatic rings. The van der Waals surface area contributed by atoms with Crippen molar-refractivity contribution in [1.82, 2.24) is 4.48 Å². The Morgan fingerprint density at radius 2 is 1.00 bits per heavy atom. The largest absolute Gasteiger partial charge is 0.386 e. The molecule has 0 saturated carbocycles. The van der Waals surface area contributed by atoms with Crippen LogP contribution in [0, 0.1) is 0 Å². The highest BCUT2D eigenvalue weighted by Gasteiger charge is 2.38. The van der Waals surface area contributed by atoms with Crippen molar-refractivity contribution in [3.63, 3.8) is 0 Å². The molecule has 3 heteroatoms. The third kappa shape index (κ3) is 3.22. The molecule has 1 atom stereocenters. The Morgan fingerprint density at radius 3 is 1.29 bits per heavy atom. The van der Waals surface area contributed by atoms with Gasteiger partial charge in [0.05, 0.1) is 5.88 Å². The molecule has 0 radical (unpaired) electrons. The Kier molecular flexibility index (Phi) is 5.31. The number of para-hydroxylation sites is 3. The van der Waals surface area contributed by atoms with Gasteiger partial charge < -0.3 is 5.11 Å². The lowest BCUT2D eigenvalue weighted by atomic mass is 10.1. The van der Waals surface area contributed by atoms with Crippen LogP contribution in [0.4, 0.5) is 17.1 Å². The third-order valence-electron chi connectivity index (χ3n) is 4.25. The molecule has 1 N–H and O–H groups in total. The van der Waals surface area contributed by atoms with Gasteiger partial charge in [-0.1, -0.05) is 54.6 Å². The summed E-state index contributed by atoms with van der Waals surface area (Å²) in [4.78, 5) is 0. The molecule has 0 aliphatic carbocycles. The molecule has 0 amide bonds. The molecule has 0 bridgehead atoms. The molecule has 0 aromatic heterocycles. The molecular formula is C21H21ClNO+. The van der Waals surface area contributed by atoms with E-state index < -0.39 is 6.10 Å². The van der Waals surface area contributed by atoms with E-state index in [2.05, 4.69) is 36.4 Å². The molecule has 0 heterocycles. The molecule has 0 fully saturated rings. The van der Waals surface area contributed by atoms with Crippen molar-refractivity contribution in [3.8, 4) is 0 Å². The summed E-state index contributed by atoms with van der Waals surface area (Å²) in [5.74, 6) is 0.201. The van der Waals surface area contributed by atoms with Gasteiger partial charge in [0, 0.05) is 0 Å². The number of aliphatic hydroxyl groups is 1. The highest BCUT2D eigenvalue weighted by Crippen LogP contribution is 2.43. The summed E-state index contributed by atoms with van der Waals surface area (Å²) < 4.78 is 0.427. The molecule has 0 spiro atoms. The van der Waals surface area contributed by atoms with Crippen molar-refractivity contribution in [2.75, 3.05) is 12.4 Å². The van der Waals surface area contributed by atoms with E-state index in [1.54, 1.807) is 0 Å². The number of nitrogens with zero attached hydrogens (tertiary/aromatic N) is 1. The van der Waals surface area contributed by atoms with E-state index in [1.807, 2.05) is 54.6 Å². The van der Waals surface area contributed by atoms with E-state index in [0.717, 1.165) is 17.1 Å². The zero-order valence-corrected chi connectivity index (χ0v) is 14.2. The lowest BCUT2D eigenvalue weighted by Crippen LogP contribution is -2.45. The second-order valence-electron chi connectivity index (χ2n) is 5.81. The van der Waals surface area contributed by atoms with E-state index in [0.29, 0.717) is 11.0 Å². The molecule has 1 unspecified atom stereocenters. The number of aliphatic hydroxyl groups excluding tert-OH is 1. The van der Waals surface area contributed by atoms with E-state index in [1.165, 1.54) is 0 Å². The van der Waals surface area contributed by atoms with Gasteiger partial charge in [0.15, 0.2) is 0 Å². The van der Waals surface area contributed by atoms with Crippen molar-refractivity contribution in [2.24, 2.45) is 0 Å². The molecule has 3 rings (SSSR count). The number of hydrogen-bond acceptors (Lipinski definition) is 1. The maximum absolute atomic E-state index is 10.4. The monoisotopic (exact) mass is 338 g/mol. The van der Waals surface area contributed by atoms with Crippen LogP contribution in [0.2, 0.25) is 0 Å². The van der Waals surface area contributed by atoms with Crippen LogP contribution in [-0.4, -0.2) is 23.6 Å². The second-order valence-corrected chi connectivity index (χ2v) is 6.12. The van der Waals surface area contributed by atoms with Gasteiger partial charge in [-0.25, -0.2) is 4.48 Å². The van der Waals surface area contributed by atoms with Gasteiger partial charge in [-0.2, -0.15) is 0 Å². The van der Waals surface area contributed by atoms with Crippen LogP contribution in [0.15, 0.2) is 91.0 Å². The number of hydrogen-bond donors (Lipinski definition) is 1. The summed E-state index contributed by atoms with van der Waals surface area (Å²) in [5.41, 5.74) is 3.29. The first-order valence-electron chi connectivity index (χ1n) is 8.06. The number of alkyl halides is 1. The predicted octanol–water partition coefficient (Wildman–Crippen LogP) is 5.26. The second kappa shape index (κ2) is 7.63. The smallest absolute Gasteiger partial charge is 0.143 e. The van der Waals surface area contributed by atoms with E-state index in [-0.39, 0.29) is 5.88 Å². The fraction of sp³-hybridized carbons (Fsp3) is 0.143. The minimum absolute atomic E-state index is 0.201. The van der Waals surface area contributed by atoms with Gasteiger partial charge >= 0.3 is 0 Å². The summed E-state index contributed by atoms with van der Waals surface area (Å²) in [7, 11) is 0. The first-order valence-corrected chi connectivity index (χ1v) is 8.60. The molecule has 3 aromatic carbocycles. The standard InChI is InChI=1S/C21H21ClNO/c22-16-21(24)17-23(18-10-4-1-5-11-18,19-12-6-2-7-13-19)20-14-8-3-9-15-20/h1-15,21,24H,16-17H2/q+1. The van der Waals surface area contributed by atoms with E-state index >= 15 is 0 Å². The fourth-order valence-electron chi connectivity index (χ4n) is 3.18. The Bertz CT molecular complexity index is 650. The minimum atomic E-state index is -0.618. The highest BCUT2D eigenvalue weighted by molar-refractivity contribution is 6.18. The zero-order valence-electron chi connectivity index (χ0n) is 13.4. The van der Waals surface area contributed by atoms with Gasteiger partial charge in [0.2, 0.25) is 0 Å². The average molecular weight is 339 g/mol. The lowest BCUT2D eigenvalue weighted by molar-refractivity contribution is 0.175. The first-order chi connectivity index (χ1) is 11.8. The first kappa shape index (κ1) is 16.7. The van der Waals surface area contributed by atoms with Gasteiger partial charge in [-0.05, 0) is 36.4 Å². The van der Waals surface area contributed by atoms with Gasteiger partial charge in [-0.3, -0.25) is 0 Å². The quantitative estimate of drug-likeness (QED) is 0.480. The predicted molar refractivity (Wildman–Crippen MR) is 102 cm³/mol. The molecule has 0 saturated heterocycles. The normalized spacial score (nSPS) is 12.8. The number of rotatable bonds is 6. The summed E-state index contributed by atoms with van der Waals surface area (Å²) in [5, 5.41) is 10.4. The molecular weight excluding hydrogens is 318 g/mol. The van der Waals surface area contributed by atoms with Crippen molar-refractivity contribution in [1.29, 1.82) is 0 Å². The van der Waals surface area contributed by atoms with Crippen LogP contribution >= 0.6 is 11.6 Å². The summed E-state index contributed by atoms with van der Waals surface area (Å²) in [6, 6.07) is 30.8. The Balaban J connectivity index is 2.28. The van der Waals surface area contributed by atoms with Crippen LogP contribution in [0.25, 0.3) is 0 Å². The van der Waals surface area contributed by atoms with Crippen LogP contribution in [0.3, 0.4) is 0 Å². The Labute approximate surface area is 148 Å². The third-order valence-corrected chi connectivity index (χ3v) is 4.61. The van der Waals surface area contributed by atoms with E-state index in [9.17, 15) is 5.11 Å². The van der Waals surface area contributed by atoms with Crippen LogP contribution < -0.4 is 4.48 Å². The zero-order chi connectivity index (χ0) is 16.8. The molecule has 0 aliphatic heterocycles. The maximum atomic E-state index is 10.4. The molecule has 122 valence electrons. The van der Waals surface area contributed by atoms with Crippen LogP contribution in [0.5, 0.6) is 0 Å². The Morgan fingerprint density at radius 1 is 0.667 bits per heavy atom. The highest BCUT2D eigenvalue weighted by atomic mass is 35.5. The van der Waals surface area contributed by atoms with E-state index in [4.69, 9.17) is 11.6 Å². The number of halogens is 1. The molecule has 3 aromatic rings. The maximum Gasteiger partial charge on any atom is 0.143 e. The molecule has 2 nitrogen and oxygen atoms in total. The minimum Gasteiger partial charge on any atom is -0.386 e. The summed E-state index contributed by atoms with van der Waals surface area (Å²) in [6.07, 6.45) is -0.618. The molecule has 24 heavy (non-hydrogen) atoms. The number of benzene rings is 3. The summed E-state index contributed by atoms with van der Waals surface area (Å²) >= 11 is 5.96. The van der Waals surface area contributed by atoms with Crippen LogP contribution in [-0.2, 0) is 0 Å². The lowest BCUT2D eigenvalue weighted by Gasteiger charge is -2.38. The summed E-state index contributed by atoms with van der Waals surface area (Å²) in [6.45, 7) is 0.474. The van der Waals surface area contributed by atoms with Gasteiger partial charge in [-0.15, -0.1) is 11.6 Å². The topological polar surface area (TPSA) is 20.2 Å². The average Bonchev–Trinajstić information content (AvgIpc) is 2.68. The van der Waals surface area contributed by atoms with Crippen LogP contribution in [0.1, 0.15) is 0 Å².